The SMILES string of the molecule is C[C@H]1Cc2cc(-c3cc(C(=O)Nc4sc5c(c4C#N)CCCC5)no3)ccc2O1. The Morgan fingerprint density at radius 3 is 3.03 bits per heavy atom. The molecule has 7 heteroatoms. The molecule has 29 heavy (non-hydrogen) atoms. The third kappa shape index (κ3) is 3.19. The lowest BCUT2D eigenvalue weighted by molar-refractivity contribution is 0.101. The van der Waals surface area contributed by atoms with Crippen molar-refractivity contribution in [2.45, 2.75) is 45.1 Å². The Bertz CT molecular complexity index is 1150. The largest absolute Gasteiger partial charge is 0.490 e. The number of aryl methyl sites for hydroxylation is 1. The van der Waals surface area contributed by atoms with E-state index in [2.05, 4.69) is 16.5 Å². The number of hydrogen-bond donors (Lipinski definition) is 1. The number of carbonyl (C=O) groups excluding carboxylic acids is 1. The third-order valence-electron chi connectivity index (χ3n) is 5.43. The zero-order chi connectivity index (χ0) is 20.0. The summed E-state index contributed by atoms with van der Waals surface area (Å²) in [4.78, 5) is 13.9. The normalized spacial score (nSPS) is 17.2. The Hall–Kier alpha value is -3.11. The van der Waals surface area contributed by atoms with E-state index in [9.17, 15) is 10.1 Å². The first kappa shape index (κ1) is 18.0. The van der Waals surface area contributed by atoms with E-state index in [1.165, 1.54) is 16.2 Å². The maximum absolute atomic E-state index is 12.7. The van der Waals surface area contributed by atoms with Crippen LogP contribution < -0.4 is 10.1 Å². The Morgan fingerprint density at radius 2 is 2.17 bits per heavy atom. The highest BCUT2D eigenvalue weighted by Gasteiger charge is 2.24. The van der Waals surface area contributed by atoms with E-state index < -0.39 is 0 Å². The van der Waals surface area contributed by atoms with Crippen LogP contribution in [-0.2, 0) is 19.3 Å². The highest BCUT2D eigenvalue weighted by Crippen LogP contribution is 2.38. The Morgan fingerprint density at radius 1 is 1.31 bits per heavy atom. The lowest BCUT2D eigenvalue weighted by atomic mass is 9.96. The van der Waals surface area contributed by atoms with Gasteiger partial charge in [-0.3, -0.25) is 4.79 Å². The molecule has 0 radical (unpaired) electrons. The number of nitrogens with zero attached hydrogens (tertiary/aromatic N) is 2. The minimum atomic E-state index is -0.367. The fourth-order valence-electron chi connectivity index (χ4n) is 4.03. The summed E-state index contributed by atoms with van der Waals surface area (Å²) in [5.41, 5.74) is 3.86. The molecule has 1 amide bonds. The van der Waals surface area contributed by atoms with Crippen molar-refractivity contribution < 1.29 is 14.1 Å². The summed E-state index contributed by atoms with van der Waals surface area (Å²) in [5, 5.41) is 17.0. The van der Waals surface area contributed by atoms with Crippen LogP contribution in [0.5, 0.6) is 5.75 Å². The van der Waals surface area contributed by atoms with Crippen LogP contribution in [-0.4, -0.2) is 17.2 Å². The Labute approximate surface area is 172 Å². The van der Waals surface area contributed by atoms with Crippen LogP contribution in [0.4, 0.5) is 5.00 Å². The lowest BCUT2D eigenvalue weighted by Crippen LogP contribution is -2.12. The van der Waals surface area contributed by atoms with Crippen molar-refractivity contribution >= 4 is 22.2 Å². The minimum Gasteiger partial charge on any atom is -0.490 e. The van der Waals surface area contributed by atoms with E-state index in [1.807, 2.05) is 25.1 Å². The highest BCUT2D eigenvalue weighted by molar-refractivity contribution is 7.16. The molecule has 0 saturated carbocycles. The molecule has 0 fully saturated rings. The first-order valence-corrected chi connectivity index (χ1v) is 10.6. The van der Waals surface area contributed by atoms with E-state index in [1.54, 1.807) is 6.07 Å². The van der Waals surface area contributed by atoms with Crippen molar-refractivity contribution in [3.63, 3.8) is 0 Å². The first-order chi connectivity index (χ1) is 14.1. The second kappa shape index (κ2) is 7.05. The smallest absolute Gasteiger partial charge is 0.278 e. The number of nitrogens with one attached hydrogen (secondary N) is 1. The van der Waals surface area contributed by atoms with Crippen LogP contribution in [0, 0.1) is 11.3 Å². The van der Waals surface area contributed by atoms with Gasteiger partial charge in [0.25, 0.3) is 5.91 Å². The average molecular weight is 405 g/mol. The average Bonchev–Trinajstić information content (AvgIpc) is 3.42. The van der Waals surface area contributed by atoms with Gasteiger partial charge in [-0.1, -0.05) is 5.16 Å². The van der Waals surface area contributed by atoms with Crippen LogP contribution in [0.2, 0.25) is 0 Å². The minimum absolute atomic E-state index is 0.169. The molecule has 3 aromatic rings. The summed E-state index contributed by atoms with van der Waals surface area (Å²) in [6.07, 6.45) is 5.11. The molecule has 1 aliphatic carbocycles. The zero-order valence-electron chi connectivity index (χ0n) is 15.9. The van der Waals surface area contributed by atoms with E-state index in [-0.39, 0.29) is 17.7 Å². The molecule has 1 atom stereocenters. The maximum atomic E-state index is 12.7. The molecule has 1 aliphatic heterocycles. The van der Waals surface area contributed by atoms with E-state index in [0.717, 1.165) is 54.5 Å². The number of benzene rings is 1. The van der Waals surface area contributed by atoms with Crippen LogP contribution in [0.25, 0.3) is 11.3 Å². The molecule has 0 bridgehead atoms. The molecule has 0 spiro atoms. The van der Waals surface area contributed by atoms with E-state index in [0.29, 0.717) is 16.3 Å². The molecule has 2 aliphatic rings. The molecule has 3 heterocycles. The van der Waals surface area contributed by atoms with Crippen molar-refractivity contribution in [2.24, 2.45) is 0 Å². The predicted octanol–water partition coefficient (Wildman–Crippen LogP) is 4.73. The summed E-state index contributed by atoms with van der Waals surface area (Å²) < 4.78 is 11.1. The van der Waals surface area contributed by atoms with Gasteiger partial charge in [-0.05, 0) is 61.9 Å². The molecule has 146 valence electrons. The number of thiophene rings is 1. The summed E-state index contributed by atoms with van der Waals surface area (Å²) in [6.45, 7) is 2.04. The highest BCUT2D eigenvalue weighted by atomic mass is 32.1. The van der Waals surface area contributed by atoms with Crippen molar-refractivity contribution in [3.8, 4) is 23.1 Å². The van der Waals surface area contributed by atoms with Gasteiger partial charge in [0.1, 0.15) is 22.9 Å². The number of hydrogen-bond acceptors (Lipinski definition) is 6. The predicted molar refractivity (Wildman–Crippen MR) is 109 cm³/mol. The zero-order valence-corrected chi connectivity index (χ0v) is 16.8. The van der Waals surface area contributed by atoms with Gasteiger partial charge in [-0.15, -0.1) is 11.3 Å². The Kier molecular flexibility index (Phi) is 4.36. The van der Waals surface area contributed by atoms with Gasteiger partial charge < -0.3 is 14.6 Å². The van der Waals surface area contributed by atoms with Crippen molar-refractivity contribution in [2.75, 3.05) is 5.32 Å². The summed E-state index contributed by atoms with van der Waals surface area (Å²) >= 11 is 1.50. The summed E-state index contributed by atoms with van der Waals surface area (Å²) in [5.74, 6) is 1.06. The van der Waals surface area contributed by atoms with E-state index in [4.69, 9.17) is 9.26 Å². The standard InChI is InChI=1S/C22H19N3O3S/c1-12-8-14-9-13(6-7-18(14)27-12)19-10-17(25-28-19)21(26)24-22-16(11-23)15-4-2-3-5-20(15)29-22/h6-7,9-10,12H,2-5,8H2,1H3,(H,24,26)/t12-/m0/s1. The number of carbonyl (C=O) groups is 1. The molecule has 1 N–H and O–H groups in total. The van der Waals surface area contributed by atoms with Gasteiger partial charge in [0, 0.05) is 22.9 Å². The molecule has 5 rings (SSSR count). The van der Waals surface area contributed by atoms with E-state index >= 15 is 0 Å². The number of anilines is 1. The number of fused-ring (bicyclic) bond motifs is 2. The van der Waals surface area contributed by atoms with Crippen LogP contribution in [0.15, 0.2) is 28.8 Å². The topological polar surface area (TPSA) is 88.2 Å². The quantitative estimate of drug-likeness (QED) is 0.681. The maximum Gasteiger partial charge on any atom is 0.278 e. The fraction of sp³-hybridized carbons (Fsp3) is 0.318. The van der Waals surface area contributed by atoms with Gasteiger partial charge in [0.15, 0.2) is 11.5 Å². The van der Waals surface area contributed by atoms with Crippen molar-refractivity contribution in [3.05, 3.63) is 51.5 Å². The fourth-order valence-corrected chi connectivity index (χ4v) is 5.27. The number of amides is 1. The monoisotopic (exact) mass is 405 g/mol. The van der Waals surface area contributed by atoms with Crippen LogP contribution >= 0.6 is 11.3 Å². The number of nitriles is 1. The number of aromatic nitrogens is 1. The molecule has 2 aromatic heterocycles. The summed E-state index contributed by atoms with van der Waals surface area (Å²) in [6, 6.07) is 9.74. The molecular weight excluding hydrogens is 386 g/mol. The number of rotatable bonds is 3. The van der Waals surface area contributed by atoms with Gasteiger partial charge in [-0.2, -0.15) is 5.26 Å². The third-order valence-corrected chi connectivity index (χ3v) is 6.64. The number of ether oxygens (including phenoxy) is 1. The van der Waals surface area contributed by atoms with Crippen LogP contribution in [0.3, 0.4) is 0 Å². The van der Waals surface area contributed by atoms with Crippen LogP contribution in [0.1, 0.15) is 51.8 Å². The molecule has 1 aromatic carbocycles. The van der Waals surface area contributed by atoms with Gasteiger partial charge in [0.05, 0.1) is 5.56 Å². The second-order valence-electron chi connectivity index (χ2n) is 7.51. The molecular formula is C22H19N3O3S. The van der Waals surface area contributed by atoms with Gasteiger partial charge >= 0.3 is 0 Å². The Balaban J connectivity index is 1.38. The molecule has 0 unspecified atom stereocenters. The van der Waals surface area contributed by atoms with Crippen molar-refractivity contribution in [1.29, 1.82) is 5.26 Å². The molecule has 0 saturated heterocycles. The van der Waals surface area contributed by atoms with Gasteiger partial charge in [-0.25, -0.2) is 0 Å². The lowest BCUT2D eigenvalue weighted by Gasteiger charge is -2.09. The first-order valence-electron chi connectivity index (χ1n) is 9.75. The van der Waals surface area contributed by atoms with Gasteiger partial charge in [0.2, 0.25) is 0 Å². The molecule has 6 nitrogen and oxygen atoms in total. The van der Waals surface area contributed by atoms with Crippen molar-refractivity contribution in [1.82, 2.24) is 5.16 Å². The summed E-state index contributed by atoms with van der Waals surface area (Å²) in [7, 11) is 0. The second-order valence-corrected chi connectivity index (χ2v) is 8.62.